The Bertz CT molecular complexity index is 994. The van der Waals surface area contributed by atoms with Crippen LogP contribution in [0.2, 0.25) is 0 Å². The first-order valence-electron chi connectivity index (χ1n) is 8.92. The number of hydrogen-bond acceptors (Lipinski definition) is 7. The van der Waals surface area contributed by atoms with Crippen LogP contribution in [-0.2, 0) is 5.54 Å². The average molecular weight is 381 g/mol. The van der Waals surface area contributed by atoms with Gasteiger partial charge < -0.3 is 10.6 Å². The van der Waals surface area contributed by atoms with Gasteiger partial charge in [0.2, 0.25) is 0 Å². The average Bonchev–Trinajstić information content (AvgIpc) is 3.01. The Kier molecular flexibility index (Phi) is 3.55. The number of rotatable bonds is 3. The molecule has 8 nitrogen and oxygen atoms in total. The molecule has 138 valence electrons. The lowest BCUT2D eigenvalue weighted by Gasteiger charge is -2.46. The number of pyridine rings is 1. The molecule has 27 heavy (non-hydrogen) atoms. The molecule has 1 aliphatic heterocycles. The highest BCUT2D eigenvalue weighted by Gasteiger charge is 2.45. The minimum atomic E-state index is -0.521. The van der Waals surface area contributed by atoms with Crippen molar-refractivity contribution in [3.8, 4) is 0 Å². The zero-order valence-electron chi connectivity index (χ0n) is 15.0. The van der Waals surface area contributed by atoms with Crippen LogP contribution in [0.4, 0.5) is 15.7 Å². The van der Waals surface area contributed by atoms with Crippen molar-refractivity contribution in [2.75, 3.05) is 10.2 Å². The van der Waals surface area contributed by atoms with Crippen LogP contribution in [0.1, 0.15) is 32.4 Å². The first kappa shape index (κ1) is 16.4. The molecule has 1 aliphatic carbocycles. The highest BCUT2D eigenvalue weighted by molar-refractivity contribution is 7.21. The van der Waals surface area contributed by atoms with E-state index in [0.29, 0.717) is 5.82 Å². The summed E-state index contributed by atoms with van der Waals surface area (Å²) in [4.78, 5) is 33.2. The highest BCUT2D eigenvalue weighted by Crippen LogP contribution is 2.38. The molecule has 0 atom stereocenters. The van der Waals surface area contributed by atoms with E-state index in [4.69, 9.17) is 0 Å². The fraction of sp³-hybridized carbons (Fsp3) is 0.389. The number of urea groups is 1. The number of nitrogens with zero attached hydrogens (tertiary/aromatic N) is 5. The van der Waals surface area contributed by atoms with Crippen molar-refractivity contribution < 1.29 is 4.79 Å². The van der Waals surface area contributed by atoms with E-state index in [2.05, 4.69) is 30.6 Å². The molecule has 2 aliphatic rings. The first-order valence-corrected chi connectivity index (χ1v) is 9.74. The normalized spacial score (nSPS) is 23.5. The Balaban J connectivity index is 1.32. The molecule has 0 spiro atoms. The van der Waals surface area contributed by atoms with E-state index < -0.39 is 5.54 Å². The third kappa shape index (κ3) is 2.69. The zero-order chi connectivity index (χ0) is 18.6. The lowest BCUT2D eigenvalue weighted by atomic mass is 9.84. The highest BCUT2D eigenvalue weighted by atomic mass is 32.1. The summed E-state index contributed by atoms with van der Waals surface area (Å²) >= 11 is 1.55. The van der Waals surface area contributed by atoms with Gasteiger partial charge in [-0.2, -0.15) is 0 Å². The Morgan fingerprint density at radius 1 is 1.22 bits per heavy atom. The summed E-state index contributed by atoms with van der Waals surface area (Å²) in [6, 6.07) is 4.11. The fourth-order valence-corrected chi connectivity index (χ4v) is 4.58. The molecule has 0 bridgehead atoms. The van der Waals surface area contributed by atoms with E-state index in [9.17, 15) is 4.79 Å². The van der Waals surface area contributed by atoms with E-state index in [0.717, 1.165) is 34.0 Å². The van der Waals surface area contributed by atoms with Crippen LogP contribution in [0.25, 0.3) is 10.3 Å². The standard InChI is InChI=1S/C18H19N7OS/c1-18(2)13-14(20-7-6-19-13)25(17(26)24-18)11-8-10(9-11)22-16-23-12-4-3-5-21-15(12)27-16/h3-7,10-11H,8-9H2,1-2H3,(H,22,23)(H,24,26). The number of anilines is 2. The van der Waals surface area contributed by atoms with E-state index in [1.54, 1.807) is 34.8 Å². The molecule has 2 N–H and O–H groups in total. The van der Waals surface area contributed by atoms with Crippen LogP contribution < -0.4 is 15.5 Å². The summed E-state index contributed by atoms with van der Waals surface area (Å²) in [5.41, 5.74) is 1.19. The van der Waals surface area contributed by atoms with Gasteiger partial charge in [-0.25, -0.2) is 19.7 Å². The first-order chi connectivity index (χ1) is 13.0. The molecule has 0 aromatic carbocycles. The van der Waals surface area contributed by atoms with Crippen LogP contribution in [0, 0.1) is 0 Å². The van der Waals surface area contributed by atoms with Gasteiger partial charge in [-0.15, -0.1) is 0 Å². The molecule has 1 saturated carbocycles. The number of fused-ring (bicyclic) bond motifs is 2. The maximum atomic E-state index is 12.7. The largest absolute Gasteiger partial charge is 0.359 e. The molecule has 1 fully saturated rings. The second-order valence-corrected chi connectivity index (χ2v) is 8.44. The molecule has 3 aromatic rings. The van der Waals surface area contributed by atoms with Gasteiger partial charge in [-0.05, 0) is 38.8 Å². The quantitative estimate of drug-likeness (QED) is 0.724. The van der Waals surface area contributed by atoms with Crippen molar-refractivity contribution in [2.45, 2.75) is 44.3 Å². The lowest BCUT2D eigenvalue weighted by Crippen LogP contribution is -2.61. The number of amides is 2. The van der Waals surface area contributed by atoms with Crippen LogP contribution in [-0.4, -0.2) is 38.1 Å². The van der Waals surface area contributed by atoms with Crippen LogP contribution in [0.3, 0.4) is 0 Å². The van der Waals surface area contributed by atoms with Gasteiger partial charge in [0.1, 0.15) is 16.0 Å². The minimum absolute atomic E-state index is 0.0987. The number of carbonyl (C=O) groups is 1. The number of hydrogen-bond donors (Lipinski definition) is 2. The van der Waals surface area contributed by atoms with Gasteiger partial charge in [0.15, 0.2) is 10.9 Å². The van der Waals surface area contributed by atoms with Crippen molar-refractivity contribution in [1.82, 2.24) is 25.3 Å². The number of aromatic nitrogens is 4. The van der Waals surface area contributed by atoms with E-state index in [1.807, 2.05) is 26.0 Å². The van der Waals surface area contributed by atoms with Crippen LogP contribution in [0.15, 0.2) is 30.7 Å². The van der Waals surface area contributed by atoms with Crippen molar-refractivity contribution >= 4 is 38.7 Å². The second-order valence-electron chi connectivity index (χ2n) is 7.47. The monoisotopic (exact) mass is 381 g/mol. The summed E-state index contributed by atoms with van der Waals surface area (Å²) in [5, 5.41) is 7.38. The Morgan fingerprint density at radius 3 is 2.85 bits per heavy atom. The summed E-state index contributed by atoms with van der Waals surface area (Å²) in [6.07, 6.45) is 6.77. The van der Waals surface area contributed by atoms with Crippen molar-refractivity contribution in [3.05, 3.63) is 36.4 Å². The molecule has 2 amide bonds. The summed E-state index contributed by atoms with van der Waals surface area (Å²) < 4.78 is 0. The Labute approximate surface area is 160 Å². The molecule has 0 radical (unpaired) electrons. The zero-order valence-corrected chi connectivity index (χ0v) is 15.8. The maximum absolute atomic E-state index is 12.7. The smallest absolute Gasteiger partial charge is 0.324 e. The number of nitrogens with one attached hydrogen (secondary N) is 2. The van der Waals surface area contributed by atoms with Crippen molar-refractivity contribution in [3.63, 3.8) is 0 Å². The molecule has 0 unspecified atom stereocenters. The van der Waals surface area contributed by atoms with Crippen molar-refractivity contribution in [2.24, 2.45) is 0 Å². The third-order valence-electron chi connectivity index (χ3n) is 5.11. The Hall–Kier alpha value is -2.81. The minimum Gasteiger partial charge on any atom is -0.359 e. The molecule has 9 heteroatoms. The topological polar surface area (TPSA) is 95.9 Å². The molecule has 4 heterocycles. The number of carbonyl (C=O) groups excluding carboxylic acids is 1. The molecular weight excluding hydrogens is 362 g/mol. The second kappa shape index (κ2) is 5.85. The maximum Gasteiger partial charge on any atom is 0.324 e. The number of thiazole rings is 1. The van der Waals surface area contributed by atoms with Crippen LogP contribution >= 0.6 is 11.3 Å². The molecular formula is C18H19N7OS. The third-order valence-corrected chi connectivity index (χ3v) is 6.02. The summed E-state index contributed by atoms with van der Waals surface area (Å²) in [7, 11) is 0. The molecule has 5 rings (SSSR count). The van der Waals surface area contributed by atoms with Gasteiger partial charge in [-0.3, -0.25) is 9.88 Å². The fourth-order valence-electron chi connectivity index (χ4n) is 3.69. The SMILES string of the molecule is CC1(C)NC(=O)N(C2CC(Nc3nc4cccnc4s3)C2)c2nccnc21. The van der Waals surface area contributed by atoms with Crippen LogP contribution in [0.5, 0.6) is 0 Å². The van der Waals surface area contributed by atoms with E-state index in [1.165, 1.54) is 0 Å². The summed E-state index contributed by atoms with van der Waals surface area (Å²) in [6.45, 7) is 3.89. The van der Waals surface area contributed by atoms with Gasteiger partial charge in [0, 0.05) is 30.7 Å². The summed E-state index contributed by atoms with van der Waals surface area (Å²) in [5.74, 6) is 0.666. The van der Waals surface area contributed by atoms with Crippen molar-refractivity contribution in [1.29, 1.82) is 0 Å². The molecule has 3 aromatic heterocycles. The predicted octanol–water partition coefficient (Wildman–Crippen LogP) is 2.89. The van der Waals surface area contributed by atoms with Gasteiger partial charge >= 0.3 is 6.03 Å². The molecule has 0 saturated heterocycles. The predicted molar refractivity (Wildman–Crippen MR) is 104 cm³/mol. The van der Waals surface area contributed by atoms with E-state index in [-0.39, 0.29) is 18.1 Å². The van der Waals surface area contributed by atoms with Gasteiger partial charge in [0.05, 0.1) is 5.54 Å². The van der Waals surface area contributed by atoms with Gasteiger partial charge in [0.25, 0.3) is 0 Å². The van der Waals surface area contributed by atoms with E-state index >= 15 is 0 Å². The lowest BCUT2D eigenvalue weighted by molar-refractivity contribution is 0.220. The van der Waals surface area contributed by atoms with Gasteiger partial charge in [-0.1, -0.05) is 11.3 Å². The Morgan fingerprint density at radius 2 is 2.04 bits per heavy atom.